The van der Waals surface area contributed by atoms with Gasteiger partial charge >= 0.3 is 11.9 Å². The third-order valence-corrected chi connectivity index (χ3v) is 4.50. The molecule has 3 aromatic carbocycles. The van der Waals surface area contributed by atoms with Gasteiger partial charge in [0.1, 0.15) is 17.3 Å². The van der Waals surface area contributed by atoms with E-state index in [0.717, 1.165) is 5.56 Å². The smallest absolute Gasteiger partial charge is 0.335 e. The molecule has 3 aromatic rings. The number of carboxylic acid groups (broad SMARTS) is 1. The second-order valence-corrected chi connectivity index (χ2v) is 6.35. The summed E-state index contributed by atoms with van der Waals surface area (Å²) in [5, 5.41) is 9.57. The second-order valence-electron chi connectivity index (χ2n) is 6.35. The van der Waals surface area contributed by atoms with Crippen LogP contribution in [0.3, 0.4) is 0 Å². The maximum absolute atomic E-state index is 13.1. The molecular formula is C23H19FO5. The summed E-state index contributed by atoms with van der Waals surface area (Å²) in [5.74, 6) is -1.75. The molecule has 0 aromatic heterocycles. The van der Waals surface area contributed by atoms with Gasteiger partial charge in [-0.2, -0.15) is 0 Å². The highest BCUT2D eigenvalue weighted by atomic mass is 19.1. The molecule has 0 radical (unpaired) electrons. The van der Waals surface area contributed by atoms with E-state index in [2.05, 4.69) is 0 Å². The lowest BCUT2D eigenvalue weighted by Crippen LogP contribution is -2.16. The van der Waals surface area contributed by atoms with Crippen LogP contribution in [0.2, 0.25) is 0 Å². The number of benzene rings is 3. The minimum atomic E-state index is -1.08. The van der Waals surface area contributed by atoms with Crippen molar-refractivity contribution in [3.63, 3.8) is 0 Å². The fraction of sp³-hybridized carbons (Fsp3) is 0.130. The Labute approximate surface area is 167 Å². The monoisotopic (exact) mass is 394 g/mol. The number of methoxy groups -OCH3 is 1. The Morgan fingerprint density at radius 2 is 1.55 bits per heavy atom. The van der Waals surface area contributed by atoms with Crippen molar-refractivity contribution in [3.8, 4) is 11.5 Å². The molecule has 0 spiro atoms. The molecule has 3 rings (SSSR count). The normalized spacial score (nSPS) is 11.5. The van der Waals surface area contributed by atoms with Gasteiger partial charge in [-0.25, -0.2) is 9.18 Å². The summed E-state index contributed by atoms with van der Waals surface area (Å²) in [4.78, 5) is 24.3. The topological polar surface area (TPSA) is 72.8 Å². The van der Waals surface area contributed by atoms with E-state index < -0.39 is 23.7 Å². The molecule has 0 aliphatic rings. The Kier molecular flexibility index (Phi) is 6.24. The van der Waals surface area contributed by atoms with Crippen LogP contribution >= 0.6 is 0 Å². The van der Waals surface area contributed by atoms with E-state index >= 15 is 0 Å². The van der Waals surface area contributed by atoms with Gasteiger partial charge in [-0.1, -0.05) is 30.3 Å². The summed E-state index contributed by atoms with van der Waals surface area (Å²) >= 11 is 0. The predicted octanol–water partition coefficient (Wildman–Crippen LogP) is 4.66. The molecule has 0 aliphatic heterocycles. The van der Waals surface area contributed by atoms with Crippen molar-refractivity contribution in [2.24, 2.45) is 0 Å². The van der Waals surface area contributed by atoms with Gasteiger partial charge in [-0.05, 0) is 53.6 Å². The maximum atomic E-state index is 13.1. The van der Waals surface area contributed by atoms with E-state index in [-0.39, 0.29) is 17.7 Å². The van der Waals surface area contributed by atoms with E-state index in [1.807, 2.05) is 0 Å². The summed E-state index contributed by atoms with van der Waals surface area (Å²) in [6, 6.07) is 18.7. The first-order valence-electron chi connectivity index (χ1n) is 8.90. The number of carbonyl (C=O) groups excluding carboxylic acids is 1. The first-order chi connectivity index (χ1) is 14.0. The van der Waals surface area contributed by atoms with Crippen LogP contribution in [0, 0.1) is 5.82 Å². The zero-order valence-electron chi connectivity index (χ0n) is 15.7. The van der Waals surface area contributed by atoms with E-state index in [0.29, 0.717) is 11.3 Å². The highest BCUT2D eigenvalue weighted by Gasteiger charge is 2.24. The Morgan fingerprint density at radius 3 is 2.17 bits per heavy atom. The van der Waals surface area contributed by atoms with E-state index in [4.69, 9.17) is 9.47 Å². The van der Waals surface area contributed by atoms with Crippen LogP contribution in [0.4, 0.5) is 4.39 Å². The summed E-state index contributed by atoms with van der Waals surface area (Å²) in [5.41, 5.74) is 1.36. The van der Waals surface area contributed by atoms with Crippen molar-refractivity contribution in [3.05, 3.63) is 95.3 Å². The van der Waals surface area contributed by atoms with E-state index in [1.54, 1.807) is 49.6 Å². The van der Waals surface area contributed by atoms with Gasteiger partial charge in [-0.3, -0.25) is 4.79 Å². The number of rotatable bonds is 7. The van der Waals surface area contributed by atoms with Gasteiger partial charge in [0.2, 0.25) is 0 Å². The average Bonchev–Trinajstić information content (AvgIpc) is 2.74. The van der Waals surface area contributed by atoms with Crippen LogP contribution in [0.1, 0.15) is 33.8 Å². The number of carbonyl (C=O) groups is 2. The highest BCUT2D eigenvalue weighted by Crippen LogP contribution is 2.32. The number of ether oxygens (including phenoxy) is 2. The first-order valence-corrected chi connectivity index (χ1v) is 8.90. The van der Waals surface area contributed by atoms with Crippen LogP contribution in [0.5, 0.6) is 11.5 Å². The Morgan fingerprint density at radius 1 is 0.931 bits per heavy atom. The van der Waals surface area contributed by atoms with Crippen molar-refractivity contribution >= 4 is 11.9 Å². The fourth-order valence-electron chi connectivity index (χ4n) is 3.08. The van der Waals surface area contributed by atoms with Gasteiger partial charge < -0.3 is 14.6 Å². The number of aromatic carboxylic acids is 1. The molecule has 148 valence electrons. The molecule has 29 heavy (non-hydrogen) atoms. The van der Waals surface area contributed by atoms with Crippen LogP contribution in [0.15, 0.2) is 72.8 Å². The molecule has 1 unspecified atom stereocenters. The minimum absolute atomic E-state index is 0.0893. The first kappa shape index (κ1) is 20.1. The highest BCUT2D eigenvalue weighted by molar-refractivity contribution is 5.90. The molecule has 0 bridgehead atoms. The lowest BCUT2D eigenvalue weighted by molar-refractivity contribution is -0.134. The zero-order chi connectivity index (χ0) is 20.8. The summed E-state index contributed by atoms with van der Waals surface area (Å²) in [6.45, 7) is 0. The Bertz CT molecular complexity index is 997. The molecule has 0 saturated carbocycles. The van der Waals surface area contributed by atoms with E-state index in [1.165, 1.54) is 30.3 Å². The third kappa shape index (κ3) is 4.99. The van der Waals surface area contributed by atoms with Crippen LogP contribution in [-0.4, -0.2) is 24.2 Å². The summed E-state index contributed by atoms with van der Waals surface area (Å²) in [7, 11) is 1.55. The van der Waals surface area contributed by atoms with Crippen LogP contribution < -0.4 is 9.47 Å². The Balaban J connectivity index is 1.93. The average molecular weight is 394 g/mol. The summed E-state index contributed by atoms with van der Waals surface area (Å²) in [6.07, 6.45) is -0.0893. The van der Waals surface area contributed by atoms with Crippen molar-refractivity contribution in [1.82, 2.24) is 0 Å². The molecule has 6 heteroatoms. The lowest BCUT2D eigenvalue weighted by Gasteiger charge is -2.19. The molecule has 0 aliphatic carbocycles. The number of halogens is 1. The van der Waals surface area contributed by atoms with Crippen LogP contribution in [0.25, 0.3) is 0 Å². The fourth-order valence-corrected chi connectivity index (χ4v) is 3.08. The minimum Gasteiger partial charge on any atom is -0.497 e. The van der Waals surface area contributed by atoms with E-state index in [9.17, 15) is 19.1 Å². The summed E-state index contributed by atoms with van der Waals surface area (Å²) < 4.78 is 23.5. The van der Waals surface area contributed by atoms with Crippen molar-refractivity contribution in [1.29, 1.82) is 0 Å². The third-order valence-electron chi connectivity index (χ3n) is 4.50. The second kappa shape index (κ2) is 9.01. The molecule has 1 N–H and O–H groups in total. The van der Waals surface area contributed by atoms with Gasteiger partial charge in [0.15, 0.2) is 0 Å². The van der Waals surface area contributed by atoms with Crippen molar-refractivity contribution in [2.45, 2.75) is 12.3 Å². The molecule has 5 nitrogen and oxygen atoms in total. The van der Waals surface area contributed by atoms with Crippen molar-refractivity contribution < 1.29 is 28.6 Å². The molecule has 0 fully saturated rings. The molecule has 0 amide bonds. The quantitative estimate of drug-likeness (QED) is 0.466. The molecule has 0 heterocycles. The van der Waals surface area contributed by atoms with Gasteiger partial charge in [0.05, 0.1) is 19.1 Å². The molecular weight excluding hydrogens is 375 g/mol. The van der Waals surface area contributed by atoms with Gasteiger partial charge in [0.25, 0.3) is 0 Å². The standard InChI is InChI=1S/C23H19FO5/c1-28-17-10-6-15(7-11-17)21(19-4-2-3-5-20(19)23(26)27)14-22(25)29-18-12-8-16(24)9-13-18/h2-13,21H,14H2,1H3,(H,26,27). The van der Waals surface area contributed by atoms with Crippen molar-refractivity contribution in [2.75, 3.05) is 7.11 Å². The largest absolute Gasteiger partial charge is 0.497 e. The van der Waals surface area contributed by atoms with Gasteiger partial charge in [-0.15, -0.1) is 0 Å². The maximum Gasteiger partial charge on any atom is 0.335 e. The number of carboxylic acids is 1. The molecule has 0 saturated heterocycles. The SMILES string of the molecule is COc1ccc(C(CC(=O)Oc2ccc(F)cc2)c2ccccc2C(=O)O)cc1. The van der Waals surface area contributed by atoms with Gasteiger partial charge in [0, 0.05) is 5.92 Å². The predicted molar refractivity (Wildman–Crippen MR) is 105 cm³/mol. The number of hydrogen-bond acceptors (Lipinski definition) is 4. The number of esters is 1. The lowest BCUT2D eigenvalue weighted by atomic mass is 9.85. The van der Waals surface area contributed by atoms with Crippen LogP contribution in [-0.2, 0) is 4.79 Å². The number of hydrogen-bond donors (Lipinski definition) is 1. The molecule has 1 atom stereocenters. The Hall–Kier alpha value is -3.67. The zero-order valence-corrected chi connectivity index (χ0v) is 15.7.